The van der Waals surface area contributed by atoms with Crippen LogP contribution in [0.5, 0.6) is 0 Å². The van der Waals surface area contributed by atoms with Crippen LogP contribution in [0, 0.1) is 6.92 Å². The number of halogens is 1. The molecule has 1 aromatic heterocycles. The topological polar surface area (TPSA) is 42.2 Å². The van der Waals surface area contributed by atoms with Gasteiger partial charge < -0.3 is 10.6 Å². The number of aryl methyl sites for hydroxylation is 1. The molecule has 0 aliphatic carbocycles. The summed E-state index contributed by atoms with van der Waals surface area (Å²) in [6.07, 6.45) is 2.78. The van der Waals surface area contributed by atoms with Gasteiger partial charge in [0.05, 0.1) is 16.4 Å². The van der Waals surface area contributed by atoms with E-state index in [1.165, 1.54) is 11.1 Å². The van der Waals surface area contributed by atoms with E-state index in [4.69, 9.17) is 5.73 Å². The summed E-state index contributed by atoms with van der Waals surface area (Å²) in [6.45, 7) is 4.98. The van der Waals surface area contributed by atoms with Gasteiger partial charge >= 0.3 is 0 Å². The van der Waals surface area contributed by atoms with Crippen molar-refractivity contribution in [2.45, 2.75) is 26.8 Å². The van der Waals surface area contributed by atoms with Gasteiger partial charge in [0.2, 0.25) is 0 Å². The molecule has 0 radical (unpaired) electrons. The second-order valence-electron chi connectivity index (χ2n) is 5.00. The normalized spacial score (nSPS) is 10.6. The Morgan fingerprint density at radius 1 is 1.20 bits per heavy atom. The highest BCUT2D eigenvalue weighted by Gasteiger charge is 2.11. The first kappa shape index (κ1) is 14.9. The molecule has 20 heavy (non-hydrogen) atoms. The second kappa shape index (κ2) is 6.27. The molecule has 3 nitrogen and oxygen atoms in total. The number of hydrogen-bond acceptors (Lipinski definition) is 3. The molecule has 0 aliphatic rings. The van der Waals surface area contributed by atoms with E-state index in [0.29, 0.717) is 5.69 Å². The number of aromatic nitrogens is 1. The van der Waals surface area contributed by atoms with E-state index >= 15 is 0 Å². The van der Waals surface area contributed by atoms with Gasteiger partial charge in [-0.05, 0) is 46.0 Å². The van der Waals surface area contributed by atoms with Gasteiger partial charge in [-0.1, -0.05) is 31.2 Å². The first-order valence-electron chi connectivity index (χ1n) is 6.72. The quantitative estimate of drug-likeness (QED) is 0.921. The van der Waals surface area contributed by atoms with Crippen LogP contribution in [0.15, 0.2) is 34.9 Å². The molecular formula is C16H20BrN3. The Hall–Kier alpha value is -1.55. The third kappa shape index (κ3) is 3.12. The lowest BCUT2D eigenvalue weighted by Gasteiger charge is -2.21. The standard InChI is InChI=1S/C16H20BrN3/c1-4-12-5-7-13(8-6-12)10-20(3)16-15(17)11(2)14(18)9-19-16/h5-9H,4,10,18H2,1-3H3. The number of nitrogens with zero attached hydrogens (tertiary/aromatic N) is 2. The molecule has 0 saturated heterocycles. The maximum absolute atomic E-state index is 5.86. The molecule has 0 aliphatic heterocycles. The van der Waals surface area contributed by atoms with Gasteiger partial charge in [-0.2, -0.15) is 0 Å². The maximum atomic E-state index is 5.86. The number of anilines is 2. The van der Waals surface area contributed by atoms with E-state index in [2.05, 4.69) is 57.0 Å². The van der Waals surface area contributed by atoms with Crippen molar-refractivity contribution in [3.8, 4) is 0 Å². The summed E-state index contributed by atoms with van der Waals surface area (Å²) in [5, 5.41) is 0. The Morgan fingerprint density at radius 3 is 2.40 bits per heavy atom. The summed E-state index contributed by atoms with van der Waals surface area (Å²) in [6, 6.07) is 8.71. The SMILES string of the molecule is CCc1ccc(CN(C)c2ncc(N)c(C)c2Br)cc1. The molecule has 0 amide bonds. The maximum Gasteiger partial charge on any atom is 0.143 e. The van der Waals surface area contributed by atoms with Crippen molar-refractivity contribution in [1.29, 1.82) is 0 Å². The molecule has 2 aromatic rings. The van der Waals surface area contributed by atoms with Crippen LogP contribution in [0.2, 0.25) is 0 Å². The Bertz CT molecular complexity index is 593. The van der Waals surface area contributed by atoms with Gasteiger partial charge in [0, 0.05) is 13.6 Å². The molecule has 0 fully saturated rings. The molecule has 1 aromatic carbocycles. The van der Waals surface area contributed by atoms with E-state index in [1.54, 1.807) is 6.20 Å². The average Bonchev–Trinajstić information content (AvgIpc) is 2.45. The average molecular weight is 334 g/mol. The minimum atomic E-state index is 0.710. The minimum Gasteiger partial charge on any atom is -0.397 e. The summed E-state index contributed by atoms with van der Waals surface area (Å²) in [5.41, 5.74) is 10.2. The lowest BCUT2D eigenvalue weighted by Crippen LogP contribution is -2.18. The van der Waals surface area contributed by atoms with Crippen molar-refractivity contribution < 1.29 is 0 Å². The lowest BCUT2D eigenvalue weighted by molar-refractivity contribution is 0.891. The number of nitrogens with two attached hydrogens (primary N) is 1. The predicted molar refractivity (Wildman–Crippen MR) is 89.0 cm³/mol. The summed E-state index contributed by atoms with van der Waals surface area (Å²) in [7, 11) is 2.04. The van der Waals surface area contributed by atoms with Crippen molar-refractivity contribution in [2.75, 3.05) is 17.7 Å². The molecule has 4 heteroatoms. The number of benzene rings is 1. The lowest BCUT2D eigenvalue weighted by atomic mass is 10.1. The molecule has 0 saturated carbocycles. The van der Waals surface area contributed by atoms with Crippen molar-refractivity contribution in [2.24, 2.45) is 0 Å². The predicted octanol–water partition coefficient (Wildman–Crippen LogP) is 3.93. The van der Waals surface area contributed by atoms with E-state index in [9.17, 15) is 0 Å². The summed E-state index contributed by atoms with van der Waals surface area (Å²) in [5.74, 6) is 0.913. The van der Waals surface area contributed by atoms with Crippen molar-refractivity contribution in [1.82, 2.24) is 4.98 Å². The molecule has 0 spiro atoms. The molecule has 2 rings (SSSR count). The minimum absolute atomic E-state index is 0.710. The van der Waals surface area contributed by atoms with Crippen LogP contribution in [0.3, 0.4) is 0 Å². The number of nitrogen functional groups attached to an aromatic ring is 1. The van der Waals surface area contributed by atoms with Gasteiger partial charge in [-0.3, -0.25) is 0 Å². The van der Waals surface area contributed by atoms with E-state index < -0.39 is 0 Å². The van der Waals surface area contributed by atoms with Gasteiger partial charge in [-0.25, -0.2) is 4.98 Å². The zero-order valence-corrected chi connectivity index (χ0v) is 13.7. The Kier molecular flexibility index (Phi) is 4.65. The molecule has 0 unspecified atom stereocenters. The van der Waals surface area contributed by atoms with Crippen LogP contribution in [0.4, 0.5) is 11.5 Å². The van der Waals surface area contributed by atoms with Crippen LogP contribution in [0.1, 0.15) is 23.6 Å². The van der Waals surface area contributed by atoms with Gasteiger partial charge in [0.15, 0.2) is 0 Å². The fourth-order valence-electron chi connectivity index (χ4n) is 2.07. The van der Waals surface area contributed by atoms with E-state index in [-0.39, 0.29) is 0 Å². The van der Waals surface area contributed by atoms with Gasteiger partial charge in [-0.15, -0.1) is 0 Å². The highest BCUT2D eigenvalue weighted by atomic mass is 79.9. The molecular weight excluding hydrogens is 314 g/mol. The summed E-state index contributed by atoms with van der Waals surface area (Å²) < 4.78 is 0.963. The number of hydrogen-bond donors (Lipinski definition) is 1. The van der Waals surface area contributed by atoms with Crippen LogP contribution in [-0.4, -0.2) is 12.0 Å². The smallest absolute Gasteiger partial charge is 0.143 e. The zero-order valence-electron chi connectivity index (χ0n) is 12.2. The second-order valence-corrected chi connectivity index (χ2v) is 5.80. The fourth-order valence-corrected chi connectivity index (χ4v) is 2.71. The summed E-state index contributed by atoms with van der Waals surface area (Å²) >= 11 is 3.58. The first-order chi connectivity index (χ1) is 9.52. The Balaban J connectivity index is 2.19. The molecule has 2 N–H and O–H groups in total. The highest BCUT2D eigenvalue weighted by Crippen LogP contribution is 2.30. The Labute approximate surface area is 129 Å². The highest BCUT2D eigenvalue weighted by molar-refractivity contribution is 9.10. The van der Waals surface area contributed by atoms with Crippen LogP contribution in [0.25, 0.3) is 0 Å². The zero-order chi connectivity index (χ0) is 14.7. The van der Waals surface area contributed by atoms with Crippen molar-refractivity contribution in [3.05, 3.63) is 51.6 Å². The number of pyridine rings is 1. The van der Waals surface area contributed by atoms with Crippen LogP contribution < -0.4 is 10.6 Å². The van der Waals surface area contributed by atoms with Crippen LogP contribution >= 0.6 is 15.9 Å². The van der Waals surface area contributed by atoms with Gasteiger partial charge in [0.25, 0.3) is 0 Å². The monoisotopic (exact) mass is 333 g/mol. The summed E-state index contributed by atoms with van der Waals surface area (Å²) in [4.78, 5) is 6.55. The third-order valence-electron chi connectivity index (χ3n) is 3.50. The van der Waals surface area contributed by atoms with E-state index in [1.807, 2.05) is 14.0 Å². The van der Waals surface area contributed by atoms with Gasteiger partial charge in [0.1, 0.15) is 5.82 Å². The van der Waals surface area contributed by atoms with E-state index in [0.717, 1.165) is 28.8 Å². The Morgan fingerprint density at radius 2 is 1.80 bits per heavy atom. The molecule has 1 heterocycles. The van der Waals surface area contributed by atoms with Crippen molar-refractivity contribution >= 4 is 27.4 Å². The third-order valence-corrected chi connectivity index (χ3v) is 4.45. The molecule has 0 bridgehead atoms. The first-order valence-corrected chi connectivity index (χ1v) is 7.51. The molecule has 0 atom stereocenters. The van der Waals surface area contributed by atoms with Crippen LogP contribution in [-0.2, 0) is 13.0 Å². The molecule has 106 valence electrons. The largest absolute Gasteiger partial charge is 0.397 e. The number of rotatable bonds is 4. The van der Waals surface area contributed by atoms with Crippen molar-refractivity contribution in [3.63, 3.8) is 0 Å². The fraction of sp³-hybridized carbons (Fsp3) is 0.312.